The Labute approximate surface area is 131 Å². The molecular weight excluding hydrogens is 284 g/mol. The van der Waals surface area contributed by atoms with Gasteiger partial charge in [0.05, 0.1) is 0 Å². The molecule has 1 aliphatic carbocycles. The van der Waals surface area contributed by atoms with Gasteiger partial charge in [0.25, 0.3) is 0 Å². The maximum absolute atomic E-state index is 12.2. The predicted octanol–water partition coefficient (Wildman–Crippen LogP) is 1.25. The maximum atomic E-state index is 12.2. The highest BCUT2D eigenvalue weighted by atomic mass is 16.4. The second kappa shape index (κ2) is 7.11. The molecule has 0 aromatic rings. The van der Waals surface area contributed by atoms with E-state index in [1.54, 1.807) is 4.90 Å². The van der Waals surface area contributed by atoms with Crippen LogP contribution >= 0.6 is 0 Å². The van der Waals surface area contributed by atoms with Gasteiger partial charge >= 0.3 is 5.97 Å². The Balaban J connectivity index is 1.81. The molecule has 0 bridgehead atoms. The third kappa shape index (κ3) is 4.45. The first-order valence-corrected chi connectivity index (χ1v) is 8.20. The summed E-state index contributed by atoms with van der Waals surface area (Å²) in [6.07, 6.45) is 3.89. The van der Waals surface area contributed by atoms with Crippen LogP contribution < -0.4 is 5.32 Å². The smallest absolute Gasteiger partial charge is 0.326 e. The summed E-state index contributed by atoms with van der Waals surface area (Å²) in [6.45, 7) is 4.90. The van der Waals surface area contributed by atoms with Crippen LogP contribution in [0.15, 0.2) is 0 Å². The van der Waals surface area contributed by atoms with Gasteiger partial charge in [0, 0.05) is 24.9 Å². The Morgan fingerprint density at radius 1 is 1.14 bits per heavy atom. The molecule has 1 saturated carbocycles. The lowest BCUT2D eigenvalue weighted by atomic mass is 9.94. The molecule has 1 saturated heterocycles. The van der Waals surface area contributed by atoms with E-state index >= 15 is 0 Å². The molecule has 22 heavy (non-hydrogen) atoms. The molecule has 1 aliphatic heterocycles. The van der Waals surface area contributed by atoms with Crippen molar-refractivity contribution in [2.45, 2.75) is 52.0 Å². The van der Waals surface area contributed by atoms with Crippen LogP contribution in [-0.2, 0) is 14.4 Å². The summed E-state index contributed by atoms with van der Waals surface area (Å²) >= 11 is 0. The molecule has 6 nitrogen and oxygen atoms in total. The van der Waals surface area contributed by atoms with Crippen LogP contribution in [0.4, 0.5) is 0 Å². The maximum Gasteiger partial charge on any atom is 0.326 e. The number of aliphatic carboxylic acids is 1. The van der Waals surface area contributed by atoms with Crippen LogP contribution in [-0.4, -0.2) is 46.9 Å². The van der Waals surface area contributed by atoms with E-state index in [4.69, 9.17) is 0 Å². The van der Waals surface area contributed by atoms with Gasteiger partial charge in [0.15, 0.2) is 0 Å². The molecular formula is C16H26N2O4. The first-order chi connectivity index (χ1) is 10.4. The monoisotopic (exact) mass is 310 g/mol. The van der Waals surface area contributed by atoms with Gasteiger partial charge in [-0.15, -0.1) is 0 Å². The molecule has 2 N–H and O–H groups in total. The number of piperidine rings is 1. The number of carbonyl (C=O) groups excluding carboxylic acids is 2. The van der Waals surface area contributed by atoms with E-state index < -0.39 is 12.0 Å². The molecule has 1 heterocycles. The number of likely N-dealkylation sites (tertiary alicyclic amines) is 1. The van der Waals surface area contributed by atoms with Crippen LogP contribution in [0.3, 0.4) is 0 Å². The van der Waals surface area contributed by atoms with Gasteiger partial charge in [-0.3, -0.25) is 9.59 Å². The summed E-state index contributed by atoms with van der Waals surface area (Å²) in [5.74, 6) is -0.766. The van der Waals surface area contributed by atoms with Gasteiger partial charge in [-0.2, -0.15) is 0 Å². The third-order valence-electron chi connectivity index (χ3n) is 4.55. The van der Waals surface area contributed by atoms with E-state index in [1.807, 2.05) is 13.8 Å². The van der Waals surface area contributed by atoms with E-state index in [1.165, 1.54) is 0 Å². The minimum Gasteiger partial charge on any atom is -0.480 e. The number of rotatable bonds is 6. The third-order valence-corrected chi connectivity index (χ3v) is 4.55. The number of carboxylic acid groups (broad SMARTS) is 1. The van der Waals surface area contributed by atoms with Crippen molar-refractivity contribution in [3.05, 3.63) is 0 Å². The van der Waals surface area contributed by atoms with Gasteiger partial charge in [-0.1, -0.05) is 26.7 Å². The topological polar surface area (TPSA) is 86.7 Å². The van der Waals surface area contributed by atoms with Crippen LogP contribution in [0.1, 0.15) is 46.0 Å². The molecule has 6 heteroatoms. The van der Waals surface area contributed by atoms with E-state index in [9.17, 15) is 19.5 Å². The highest BCUT2D eigenvalue weighted by molar-refractivity contribution is 5.85. The van der Waals surface area contributed by atoms with E-state index in [0.29, 0.717) is 38.3 Å². The Morgan fingerprint density at radius 3 is 2.18 bits per heavy atom. The zero-order valence-corrected chi connectivity index (χ0v) is 13.4. The number of hydrogen-bond acceptors (Lipinski definition) is 3. The lowest BCUT2D eigenvalue weighted by molar-refractivity contribution is -0.143. The summed E-state index contributed by atoms with van der Waals surface area (Å²) in [4.78, 5) is 37.2. The molecule has 1 atom stereocenters. The molecule has 0 radical (unpaired) electrons. The van der Waals surface area contributed by atoms with Crippen molar-refractivity contribution in [1.29, 1.82) is 0 Å². The number of carboxylic acids is 1. The zero-order valence-electron chi connectivity index (χ0n) is 13.4. The molecule has 0 spiro atoms. The number of nitrogens with zero attached hydrogens (tertiary/aromatic N) is 1. The average Bonchev–Trinajstić information content (AvgIpc) is 3.29. The Bertz CT molecular complexity index is 437. The molecule has 0 aromatic heterocycles. The molecule has 2 rings (SSSR count). The van der Waals surface area contributed by atoms with Crippen LogP contribution in [0.25, 0.3) is 0 Å². The molecule has 124 valence electrons. The van der Waals surface area contributed by atoms with Crippen molar-refractivity contribution < 1.29 is 19.5 Å². The van der Waals surface area contributed by atoms with Gasteiger partial charge in [0.2, 0.25) is 11.8 Å². The van der Waals surface area contributed by atoms with Gasteiger partial charge in [0.1, 0.15) is 6.04 Å². The lowest BCUT2D eigenvalue weighted by Crippen LogP contribution is -2.48. The zero-order chi connectivity index (χ0) is 16.3. The van der Waals surface area contributed by atoms with Crippen molar-refractivity contribution in [2.75, 3.05) is 13.1 Å². The molecule has 0 aromatic carbocycles. The Morgan fingerprint density at radius 2 is 1.73 bits per heavy atom. The van der Waals surface area contributed by atoms with Crippen molar-refractivity contribution in [1.82, 2.24) is 10.2 Å². The van der Waals surface area contributed by atoms with Crippen LogP contribution in [0, 0.1) is 17.8 Å². The van der Waals surface area contributed by atoms with E-state index in [0.717, 1.165) is 12.8 Å². The molecule has 2 fully saturated rings. The fraction of sp³-hybridized carbons (Fsp3) is 0.812. The lowest BCUT2D eigenvalue weighted by Gasteiger charge is -2.33. The standard InChI is InChI=1S/C16H26N2O4/c1-10(2)15(20)18-7-5-12(6-8-18)14(19)17-13(16(21)22)9-11-3-4-11/h10-13H,3-9H2,1-2H3,(H,17,19)(H,21,22). The summed E-state index contributed by atoms with van der Waals surface area (Å²) in [5.41, 5.74) is 0. The van der Waals surface area contributed by atoms with Crippen molar-refractivity contribution in [3.63, 3.8) is 0 Å². The number of amides is 2. The summed E-state index contributed by atoms with van der Waals surface area (Å²) in [7, 11) is 0. The second-order valence-electron chi connectivity index (χ2n) is 6.83. The van der Waals surface area contributed by atoms with Crippen LogP contribution in [0.2, 0.25) is 0 Å². The Kier molecular flexibility index (Phi) is 5.42. The molecule has 2 aliphatic rings. The highest BCUT2D eigenvalue weighted by Gasteiger charge is 2.33. The van der Waals surface area contributed by atoms with E-state index in [-0.39, 0.29) is 23.7 Å². The largest absolute Gasteiger partial charge is 0.480 e. The molecule has 2 amide bonds. The van der Waals surface area contributed by atoms with Crippen molar-refractivity contribution in [2.24, 2.45) is 17.8 Å². The fourth-order valence-electron chi connectivity index (χ4n) is 2.93. The SMILES string of the molecule is CC(C)C(=O)N1CCC(C(=O)NC(CC2CC2)C(=O)O)CC1. The van der Waals surface area contributed by atoms with Crippen molar-refractivity contribution >= 4 is 17.8 Å². The van der Waals surface area contributed by atoms with Crippen molar-refractivity contribution in [3.8, 4) is 0 Å². The first-order valence-electron chi connectivity index (χ1n) is 8.20. The Hall–Kier alpha value is -1.59. The quantitative estimate of drug-likeness (QED) is 0.773. The highest BCUT2D eigenvalue weighted by Crippen LogP contribution is 2.33. The van der Waals surface area contributed by atoms with Crippen LogP contribution in [0.5, 0.6) is 0 Å². The van der Waals surface area contributed by atoms with Gasteiger partial charge in [-0.05, 0) is 25.2 Å². The number of nitrogens with one attached hydrogen (secondary N) is 1. The first kappa shape index (κ1) is 16.8. The number of hydrogen-bond donors (Lipinski definition) is 2. The number of carbonyl (C=O) groups is 3. The van der Waals surface area contributed by atoms with E-state index in [2.05, 4.69) is 5.32 Å². The summed E-state index contributed by atoms with van der Waals surface area (Å²) in [5, 5.41) is 11.9. The fourth-order valence-corrected chi connectivity index (χ4v) is 2.93. The minimum atomic E-state index is -0.951. The summed E-state index contributed by atoms with van der Waals surface area (Å²) in [6, 6.07) is -0.768. The van der Waals surface area contributed by atoms with Gasteiger partial charge in [-0.25, -0.2) is 4.79 Å². The second-order valence-corrected chi connectivity index (χ2v) is 6.83. The molecule has 1 unspecified atom stereocenters. The summed E-state index contributed by atoms with van der Waals surface area (Å²) < 4.78 is 0. The normalized spacial score (nSPS) is 20.8. The predicted molar refractivity (Wildman–Crippen MR) is 81.0 cm³/mol. The average molecular weight is 310 g/mol. The van der Waals surface area contributed by atoms with Gasteiger partial charge < -0.3 is 15.3 Å². The minimum absolute atomic E-state index is 0.0275.